The van der Waals surface area contributed by atoms with E-state index in [1.807, 2.05) is 0 Å². The third kappa shape index (κ3) is 3.65. The lowest BCUT2D eigenvalue weighted by molar-refractivity contribution is -0.276. The Morgan fingerprint density at radius 1 is 1.35 bits per heavy atom. The molecule has 0 radical (unpaired) electrons. The molecule has 0 bridgehead atoms. The molecule has 1 aromatic heterocycles. The zero-order chi connectivity index (χ0) is 13.2. The van der Waals surface area contributed by atoms with Gasteiger partial charge >= 0.3 is 6.36 Å². The summed E-state index contributed by atoms with van der Waals surface area (Å²) in [6.07, 6.45) is -8.52. The van der Waals surface area contributed by atoms with E-state index < -0.39 is 41.6 Å². The molecule has 0 saturated heterocycles. The SMILES string of the molecule is Fc1nc(OC(F)(F)F)c(C(F)F)cc1CCl. The minimum atomic E-state index is -5.23. The van der Waals surface area contributed by atoms with Crippen LogP contribution in [0.3, 0.4) is 0 Å². The highest BCUT2D eigenvalue weighted by molar-refractivity contribution is 6.17. The predicted molar refractivity (Wildman–Crippen MR) is 45.4 cm³/mol. The number of hydrogen-bond acceptors (Lipinski definition) is 2. The average Bonchev–Trinajstić information content (AvgIpc) is 2.14. The maximum Gasteiger partial charge on any atom is 0.574 e. The molecule has 2 nitrogen and oxygen atoms in total. The molecule has 0 aliphatic carbocycles. The second-order valence-electron chi connectivity index (χ2n) is 2.81. The number of ether oxygens (including phenoxy) is 1. The largest absolute Gasteiger partial charge is 0.574 e. The van der Waals surface area contributed by atoms with Gasteiger partial charge in [0.05, 0.1) is 11.4 Å². The summed E-state index contributed by atoms with van der Waals surface area (Å²) in [4.78, 5) is 2.68. The normalized spacial score (nSPS) is 12.0. The van der Waals surface area contributed by atoms with Crippen molar-refractivity contribution < 1.29 is 31.1 Å². The number of pyridine rings is 1. The van der Waals surface area contributed by atoms with Crippen molar-refractivity contribution >= 4 is 11.6 Å². The third-order valence-corrected chi connectivity index (χ3v) is 1.92. The maximum atomic E-state index is 13.0. The predicted octanol–water partition coefficient (Wildman–Crippen LogP) is 3.80. The molecule has 17 heavy (non-hydrogen) atoms. The molecule has 0 fully saturated rings. The van der Waals surface area contributed by atoms with Gasteiger partial charge in [-0.2, -0.15) is 9.37 Å². The number of halogens is 7. The summed E-state index contributed by atoms with van der Waals surface area (Å²) in [7, 11) is 0. The minimum Gasteiger partial charge on any atom is -0.387 e. The van der Waals surface area contributed by atoms with Crippen molar-refractivity contribution in [3.63, 3.8) is 0 Å². The van der Waals surface area contributed by atoms with Crippen molar-refractivity contribution in [2.45, 2.75) is 18.7 Å². The Hall–Kier alpha value is -1.18. The van der Waals surface area contributed by atoms with E-state index >= 15 is 0 Å². The van der Waals surface area contributed by atoms with Gasteiger partial charge in [0.2, 0.25) is 11.8 Å². The van der Waals surface area contributed by atoms with Gasteiger partial charge in [-0.05, 0) is 6.07 Å². The number of rotatable bonds is 3. The molecule has 1 aromatic rings. The molecule has 0 atom stereocenters. The van der Waals surface area contributed by atoms with Crippen LogP contribution in [0.5, 0.6) is 5.88 Å². The number of alkyl halides is 6. The van der Waals surface area contributed by atoms with Crippen molar-refractivity contribution in [1.29, 1.82) is 0 Å². The Morgan fingerprint density at radius 3 is 2.35 bits per heavy atom. The first kappa shape index (κ1) is 13.9. The molecule has 9 heteroatoms. The van der Waals surface area contributed by atoms with Crippen molar-refractivity contribution in [3.8, 4) is 5.88 Å². The van der Waals surface area contributed by atoms with Crippen molar-refractivity contribution in [2.24, 2.45) is 0 Å². The van der Waals surface area contributed by atoms with E-state index in [0.29, 0.717) is 6.07 Å². The fourth-order valence-electron chi connectivity index (χ4n) is 0.976. The Balaban J connectivity index is 3.23. The second-order valence-corrected chi connectivity index (χ2v) is 3.08. The highest BCUT2D eigenvalue weighted by atomic mass is 35.5. The molecule has 1 rings (SSSR count). The van der Waals surface area contributed by atoms with E-state index in [2.05, 4.69) is 9.72 Å². The molecule has 1 heterocycles. The van der Waals surface area contributed by atoms with E-state index in [-0.39, 0.29) is 0 Å². The summed E-state index contributed by atoms with van der Waals surface area (Å²) in [6.45, 7) is 0. The third-order valence-electron chi connectivity index (χ3n) is 1.63. The number of aromatic nitrogens is 1. The first-order chi connectivity index (χ1) is 7.74. The van der Waals surface area contributed by atoms with Crippen LogP contribution in [0.2, 0.25) is 0 Å². The van der Waals surface area contributed by atoms with Gasteiger partial charge in [-0.25, -0.2) is 8.78 Å². The average molecular weight is 280 g/mol. The number of hydrogen-bond donors (Lipinski definition) is 0. The van der Waals surface area contributed by atoms with Gasteiger partial charge in [0.25, 0.3) is 6.43 Å². The van der Waals surface area contributed by atoms with Gasteiger partial charge in [-0.15, -0.1) is 24.8 Å². The lowest BCUT2D eigenvalue weighted by Gasteiger charge is -2.12. The van der Waals surface area contributed by atoms with E-state index in [1.54, 1.807) is 0 Å². The second kappa shape index (κ2) is 4.99. The van der Waals surface area contributed by atoms with Crippen LogP contribution >= 0.6 is 11.6 Å². The number of nitrogens with zero attached hydrogens (tertiary/aromatic N) is 1. The van der Waals surface area contributed by atoms with Crippen LogP contribution in [-0.4, -0.2) is 11.3 Å². The Labute approximate surface area is 96.2 Å². The van der Waals surface area contributed by atoms with Gasteiger partial charge in [0.15, 0.2) is 0 Å². The van der Waals surface area contributed by atoms with Crippen molar-refractivity contribution in [3.05, 3.63) is 23.1 Å². The summed E-state index contributed by atoms with van der Waals surface area (Å²) in [5, 5.41) is 0. The van der Waals surface area contributed by atoms with Gasteiger partial charge in [-0.1, -0.05) is 0 Å². The standard InChI is InChI=1S/C8H4ClF6NO/c9-2-3-1-4(5(10)11)7(16-6(3)12)17-8(13,14)15/h1,5H,2H2. The molecule has 0 N–H and O–H groups in total. The molecule has 96 valence electrons. The van der Waals surface area contributed by atoms with Gasteiger partial charge < -0.3 is 4.74 Å². The van der Waals surface area contributed by atoms with Crippen LogP contribution in [-0.2, 0) is 5.88 Å². The fourth-order valence-corrected chi connectivity index (χ4v) is 1.16. The van der Waals surface area contributed by atoms with E-state index in [9.17, 15) is 26.3 Å². The zero-order valence-corrected chi connectivity index (χ0v) is 8.62. The Bertz CT molecular complexity index is 408. The highest BCUT2D eigenvalue weighted by Crippen LogP contribution is 2.32. The van der Waals surface area contributed by atoms with Crippen molar-refractivity contribution in [2.75, 3.05) is 0 Å². The molecule has 0 amide bonds. The smallest absolute Gasteiger partial charge is 0.387 e. The fraction of sp³-hybridized carbons (Fsp3) is 0.375. The van der Waals surface area contributed by atoms with Crippen LogP contribution in [0, 0.1) is 5.95 Å². The van der Waals surface area contributed by atoms with Gasteiger partial charge in [-0.3, -0.25) is 0 Å². The Morgan fingerprint density at radius 2 is 1.94 bits per heavy atom. The molecule has 0 aliphatic heterocycles. The van der Waals surface area contributed by atoms with Crippen molar-refractivity contribution in [1.82, 2.24) is 4.98 Å². The molecular formula is C8H4ClF6NO. The minimum absolute atomic E-state index is 0.434. The maximum absolute atomic E-state index is 13.0. The molecule has 0 aromatic carbocycles. The van der Waals surface area contributed by atoms with E-state index in [1.165, 1.54) is 0 Å². The zero-order valence-electron chi connectivity index (χ0n) is 7.86. The first-order valence-electron chi connectivity index (χ1n) is 4.03. The summed E-state index contributed by atoms with van der Waals surface area (Å²) in [5.74, 6) is -3.40. The quantitative estimate of drug-likeness (QED) is 0.477. The molecule has 0 unspecified atom stereocenters. The summed E-state index contributed by atoms with van der Waals surface area (Å²) >= 11 is 5.21. The molecular weight excluding hydrogens is 276 g/mol. The molecule has 0 spiro atoms. The Kier molecular flexibility index (Phi) is 4.07. The van der Waals surface area contributed by atoms with Crippen LogP contribution in [0.25, 0.3) is 0 Å². The summed E-state index contributed by atoms with van der Waals surface area (Å²) in [6, 6.07) is 0.487. The lowest BCUT2D eigenvalue weighted by atomic mass is 10.2. The summed E-state index contributed by atoms with van der Waals surface area (Å²) in [5.41, 5.74) is -1.60. The molecule has 0 saturated carbocycles. The molecule has 0 aliphatic rings. The van der Waals surface area contributed by atoms with E-state index in [0.717, 1.165) is 0 Å². The van der Waals surface area contributed by atoms with Gasteiger partial charge in [0, 0.05) is 5.56 Å². The van der Waals surface area contributed by atoms with E-state index in [4.69, 9.17) is 11.6 Å². The first-order valence-corrected chi connectivity index (χ1v) is 4.57. The monoisotopic (exact) mass is 279 g/mol. The van der Waals surface area contributed by atoms with Crippen LogP contribution < -0.4 is 4.74 Å². The van der Waals surface area contributed by atoms with Crippen LogP contribution in [0.4, 0.5) is 26.3 Å². The van der Waals surface area contributed by atoms with Crippen LogP contribution in [0.1, 0.15) is 17.6 Å². The highest BCUT2D eigenvalue weighted by Gasteiger charge is 2.34. The topological polar surface area (TPSA) is 22.1 Å². The van der Waals surface area contributed by atoms with Gasteiger partial charge in [0.1, 0.15) is 0 Å². The van der Waals surface area contributed by atoms with Crippen LogP contribution in [0.15, 0.2) is 6.07 Å². The lowest BCUT2D eigenvalue weighted by Crippen LogP contribution is -2.19. The summed E-state index contributed by atoms with van der Waals surface area (Å²) < 4.78 is 76.5.